The zero-order valence-corrected chi connectivity index (χ0v) is 36.8. The Bertz CT molecular complexity index is 2910. The van der Waals surface area contributed by atoms with Crippen LogP contribution < -0.4 is 9.47 Å². The molecular formula is C60H52N2O2. The van der Waals surface area contributed by atoms with Gasteiger partial charge in [-0.25, -0.2) is 9.97 Å². The van der Waals surface area contributed by atoms with Crippen LogP contribution in [0.3, 0.4) is 0 Å². The molecule has 314 valence electrons. The monoisotopic (exact) mass is 832 g/mol. The minimum Gasteiger partial charge on any atom is -0.493 e. The molecule has 0 N–H and O–H groups in total. The summed E-state index contributed by atoms with van der Waals surface area (Å²) in [5, 5.41) is 9.26. The highest BCUT2D eigenvalue weighted by atomic mass is 16.5. The van der Waals surface area contributed by atoms with Crippen molar-refractivity contribution in [1.29, 1.82) is 0 Å². The highest BCUT2D eigenvalue weighted by Crippen LogP contribution is 2.36. The fourth-order valence-corrected chi connectivity index (χ4v) is 8.51. The van der Waals surface area contributed by atoms with Crippen molar-refractivity contribution in [3.8, 4) is 57.7 Å². The zero-order valence-electron chi connectivity index (χ0n) is 36.8. The van der Waals surface area contributed by atoms with Crippen LogP contribution in [0.4, 0.5) is 0 Å². The Hall–Kier alpha value is -7.40. The van der Waals surface area contributed by atoms with Crippen molar-refractivity contribution < 1.29 is 9.47 Å². The van der Waals surface area contributed by atoms with Gasteiger partial charge in [-0.15, -0.1) is 0 Å². The van der Waals surface area contributed by atoms with Gasteiger partial charge in [0.15, 0.2) is 0 Å². The van der Waals surface area contributed by atoms with Crippen LogP contribution in [0.1, 0.15) is 87.5 Å². The van der Waals surface area contributed by atoms with Crippen LogP contribution >= 0.6 is 0 Å². The number of benzene rings is 8. The lowest BCUT2D eigenvalue weighted by atomic mass is 9.96. The molecule has 0 aliphatic carbocycles. The first-order valence-corrected chi connectivity index (χ1v) is 22.9. The summed E-state index contributed by atoms with van der Waals surface area (Å²) in [5.74, 6) is 15.8. The standard InChI is InChI=1S/C60H52N2O2/c1-3-5-7-17-35-63-59-33-29-43(27-31-53-49-23-13-9-19-45(49)39-46-20-10-14-24-50(46)53)37-55(59)57-41-58(62-42-61-57)56-38-44(30-34-60(56)64-36-18-8-6-4-2)28-32-54-51-25-15-11-21-47(51)40-48-22-12-16-26-52(48)54/h9-16,19-26,29-30,33-34,37-42H,3-8,17-18,35-36H2,1-2H3. The van der Waals surface area contributed by atoms with Crippen LogP contribution in [-0.2, 0) is 0 Å². The zero-order chi connectivity index (χ0) is 43.5. The van der Waals surface area contributed by atoms with Crippen molar-refractivity contribution in [3.05, 3.63) is 180 Å². The van der Waals surface area contributed by atoms with Crippen molar-refractivity contribution >= 4 is 43.1 Å². The van der Waals surface area contributed by atoms with Gasteiger partial charge in [-0.3, -0.25) is 0 Å². The van der Waals surface area contributed by atoms with Gasteiger partial charge in [-0.2, -0.15) is 0 Å². The summed E-state index contributed by atoms with van der Waals surface area (Å²) < 4.78 is 13.1. The minimum absolute atomic E-state index is 0.626. The van der Waals surface area contributed by atoms with E-state index in [-0.39, 0.29) is 0 Å². The molecule has 0 bridgehead atoms. The third-order valence-electron chi connectivity index (χ3n) is 11.9. The Kier molecular flexibility index (Phi) is 13.2. The lowest BCUT2D eigenvalue weighted by Gasteiger charge is -2.14. The van der Waals surface area contributed by atoms with Crippen LogP contribution in [0.15, 0.2) is 158 Å². The minimum atomic E-state index is 0.626. The number of hydrogen-bond donors (Lipinski definition) is 0. The predicted octanol–water partition coefficient (Wildman–Crippen LogP) is 15.1. The van der Waals surface area contributed by atoms with Gasteiger partial charge in [0, 0.05) is 33.4 Å². The third kappa shape index (κ3) is 9.49. The van der Waals surface area contributed by atoms with Gasteiger partial charge in [0.1, 0.15) is 17.8 Å². The van der Waals surface area contributed by atoms with Crippen LogP contribution in [-0.4, -0.2) is 23.2 Å². The molecule has 9 rings (SSSR count). The van der Waals surface area contributed by atoms with Gasteiger partial charge in [-0.1, -0.05) is 173 Å². The van der Waals surface area contributed by atoms with Crippen LogP contribution in [0.5, 0.6) is 11.5 Å². The normalized spacial score (nSPS) is 11.0. The molecule has 0 spiro atoms. The number of aromatic nitrogens is 2. The maximum absolute atomic E-state index is 6.53. The molecule has 0 amide bonds. The van der Waals surface area contributed by atoms with Gasteiger partial charge in [-0.05, 0) is 111 Å². The number of rotatable bonds is 14. The average Bonchev–Trinajstić information content (AvgIpc) is 3.34. The van der Waals surface area contributed by atoms with Crippen molar-refractivity contribution in [2.75, 3.05) is 13.2 Å². The summed E-state index contributed by atoms with van der Waals surface area (Å²) in [6.45, 7) is 5.70. The second-order valence-electron chi connectivity index (χ2n) is 16.4. The molecular weight excluding hydrogens is 781 g/mol. The van der Waals surface area contributed by atoms with E-state index in [1.165, 1.54) is 47.2 Å². The molecule has 8 aromatic carbocycles. The van der Waals surface area contributed by atoms with E-state index in [2.05, 4.69) is 171 Å². The van der Waals surface area contributed by atoms with Crippen LogP contribution in [0, 0.1) is 23.7 Å². The Balaban J connectivity index is 1.12. The third-order valence-corrected chi connectivity index (χ3v) is 11.9. The Morgan fingerprint density at radius 2 is 0.781 bits per heavy atom. The largest absolute Gasteiger partial charge is 0.493 e. The van der Waals surface area contributed by atoms with Gasteiger partial charge < -0.3 is 9.47 Å². The number of nitrogens with zero attached hydrogens (tertiary/aromatic N) is 2. The maximum Gasteiger partial charge on any atom is 0.128 e. The molecule has 0 aliphatic heterocycles. The van der Waals surface area contributed by atoms with Gasteiger partial charge in [0.05, 0.1) is 24.6 Å². The summed E-state index contributed by atoms with van der Waals surface area (Å²) in [6, 6.07) is 52.8. The molecule has 0 atom stereocenters. The van der Waals surface area contributed by atoms with E-state index in [9.17, 15) is 0 Å². The van der Waals surface area contributed by atoms with Gasteiger partial charge in [0.25, 0.3) is 0 Å². The summed E-state index contributed by atoms with van der Waals surface area (Å²) in [7, 11) is 0. The number of unbranched alkanes of at least 4 members (excludes halogenated alkanes) is 6. The van der Waals surface area contributed by atoms with Gasteiger partial charge >= 0.3 is 0 Å². The molecule has 9 aromatic rings. The molecule has 4 nitrogen and oxygen atoms in total. The molecule has 0 unspecified atom stereocenters. The van der Waals surface area contributed by atoms with Crippen molar-refractivity contribution in [3.63, 3.8) is 0 Å². The quantitative estimate of drug-likeness (QED) is 0.0622. The second kappa shape index (κ2) is 20.2. The lowest BCUT2D eigenvalue weighted by molar-refractivity contribution is 0.306. The molecule has 1 heterocycles. The van der Waals surface area contributed by atoms with E-state index in [0.29, 0.717) is 13.2 Å². The van der Waals surface area contributed by atoms with E-state index in [1.54, 1.807) is 6.33 Å². The summed E-state index contributed by atoms with van der Waals surface area (Å²) in [6.07, 6.45) is 10.6. The van der Waals surface area contributed by atoms with Crippen LogP contribution in [0.2, 0.25) is 0 Å². The highest BCUT2D eigenvalue weighted by Gasteiger charge is 2.16. The van der Waals surface area contributed by atoms with Gasteiger partial charge in [0.2, 0.25) is 0 Å². The summed E-state index contributed by atoms with van der Waals surface area (Å²) >= 11 is 0. The Labute approximate surface area is 377 Å². The summed E-state index contributed by atoms with van der Waals surface area (Å²) in [5.41, 5.74) is 7.04. The molecule has 0 radical (unpaired) electrons. The molecule has 0 saturated carbocycles. The number of fused-ring (bicyclic) bond motifs is 4. The summed E-state index contributed by atoms with van der Waals surface area (Å²) in [4.78, 5) is 9.74. The fourth-order valence-electron chi connectivity index (χ4n) is 8.51. The SMILES string of the molecule is CCCCCCOc1ccc(C#Cc2c3ccccc3cc3ccccc23)cc1-c1cc(-c2cc(C#Cc3c4ccccc4cc4ccccc34)ccc2OCCCCCC)ncn1. The van der Waals surface area contributed by atoms with Crippen LogP contribution in [0.25, 0.3) is 65.6 Å². The molecule has 0 fully saturated rings. The van der Waals surface area contributed by atoms with E-state index >= 15 is 0 Å². The lowest BCUT2D eigenvalue weighted by Crippen LogP contribution is -2.01. The first-order valence-electron chi connectivity index (χ1n) is 22.9. The molecule has 1 aromatic heterocycles. The fraction of sp³-hybridized carbons (Fsp3) is 0.200. The van der Waals surface area contributed by atoms with E-state index in [4.69, 9.17) is 19.4 Å². The van der Waals surface area contributed by atoms with Crippen molar-refractivity contribution in [1.82, 2.24) is 9.97 Å². The van der Waals surface area contributed by atoms with E-state index < -0.39 is 0 Å². The molecule has 4 heteroatoms. The predicted molar refractivity (Wildman–Crippen MR) is 267 cm³/mol. The Morgan fingerprint density at radius 1 is 0.391 bits per heavy atom. The van der Waals surface area contributed by atoms with Crippen molar-refractivity contribution in [2.24, 2.45) is 0 Å². The number of ether oxygens (including phenoxy) is 2. The molecule has 0 aliphatic rings. The van der Waals surface area contributed by atoms with Crippen molar-refractivity contribution in [2.45, 2.75) is 65.2 Å². The van der Waals surface area contributed by atoms with E-state index in [1.807, 2.05) is 18.2 Å². The maximum atomic E-state index is 6.53. The van der Waals surface area contributed by atoms with E-state index in [0.717, 1.165) is 103 Å². The number of hydrogen-bond acceptors (Lipinski definition) is 4. The molecule has 0 saturated heterocycles. The second-order valence-corrected chi connectivity index (χ2v) is 16.4. The smallest absolute Gasteiger partial charge is 0.128 e. The molecule has 64 heavy (non-hydrogen) atoms. The highest BCUT2D eigenvalue weighted by molar-refractivity contribution is 6.06. The first kappa shape index (κ1) is 41.9. The average molecular weight is 833 g/mol. The first-order chi connectivity index (χ1) is 31.7. The Morgan fingerprint density at radius 3 is 1.17 bits per heavy atom. The topological polar surface area (TPSA) is 44.2 Å².